The first-order valence-corrected chi connectivity index (χ1v) is 6.72. The van der Waals surface area contributed by atoms with E-state index in [0.717, 1.165) is 24.2 Å². The first-order valence-electron chi connectivity index (χ1n) is 6.72. The van der Waals surface area contributed by atoms with Gasteiger partial charge in [-0.25, -0.2) is 0 Å². The minimum atomic E-state index is 0.943. The van der Waals surface area contributed by atoms with Crippen molar-refractivity contribution in [3.8, 4) is 0 Å². The molecule has 0 saturated heterocycles. The molecule has 0 bridgehead atoms. The predicted octanol–water partition coefficient (Wildman–Crippen LogP) is 4.15. The van der Waals surface area contributed by atoms with Crippen molar-refractivity contribution < 1.29 is 0 Å². The van der Waals surface area contributed by atoms with E-state index in [-0.39, 0.29) is 0 Å². The number of nitrogens with zero attached hydrogens (tertiary/aromatic N) is 1. The van der Waals surface area contributed by atoms with Gasteiger partial charge in [0.2, 0.25) is 0 Å². The number of aromatic nitrogens is 1. The number of rotatable bonds is 3. The van der Waals surface area contributed by atoms with E-state index in [1.807, 2.05) is 0 Å². The van der Waals surface area contributed by atoms with Crippen molar-refractivity contribution in [1.82, 2.24) is 4.98 Å². The maximum absolute atomic E-state index is 4.79. The van der Waals surface area contributed by atoms with E-state index in [1.165, 1.54) is 27.8 Å². The van der Waals surface area contributed by atoms with Crippen LogP contribution >= 0.6 is 0 Å². The number of hydrogen-bond acceptors (Lipinski definition) is 2. The van der Waals surface area contributed by atoms with Crippen molar-refractivity contribution in [3.05, 3.63) is 34.5 Å². The van der Waals surface area contributed by atoms with E-state index in [0.29, 0.717) is 0 Å². The third-order valence-electron chi connectivity index (χ3n) is 3.44. The molecule has 0 unspecified atom stereocenters. The van der Waals surface area contributed by atoms with E-state index in [2.05, 4.69) is 52.1 Å². The van der Waals surface area contributed by atoms with Crippen molar-refractivity contribution >= 4 is 16.6 Å². The van der Waals surface area contributed by atoms with E-state index < -0.39 is 0 Å². The Morgan fingerprint density at radius 3 is 2.44 bits per heavy atom. The zero-order valence-electron chi connectivity index (χ0n) is 12.0. The van der Waals surface area contributed by atoms with Crippen molar-refractivity contribution in [2.24, 2.45) is 0 Å². The molecule has 0 spiro atoms. The molecule has 1 heterocycles. The second kappa shape index (κ2) is 4.97. The highest BCUT2D eigenvalue weighted by molar-refractivity contribution is 5.95. The molecule has 2 heteroatoms. The Morgan fingerprint density at radius 1 is 1.11 bits per heavy atom. The lowest BCUT2D eigenvalue weighted by atomic mass is 10.00. The Hall–Kier alpha value is -1.57. The van der Waals surface area contributed by atoms with Crippen LogP contribution in [0.3, 0.4) is 0 Å². The van der Waals surface area contributed by atoms with Gasteiger partial charge in [-0.1, -0.05) is 18.6 Å². The normalized spacial score (nSPS) is 10.9. The van der Waals surface area contributed by atoms with E-state index in [1.54, 1.807) is 0 Å². The molecule has 0 radical (unpaired) electrons. The number of anilines is 1. The molecule has 2 rings (SSSR count). The van der Waals surface area contributed by atoms with Gasteiger partial charge in [-0.05, 0) is 51.3 Å². The molecule has 0 atom stereocenters. The van der Waals surface area contributed by atoms with Crippen LogP contribution in [-0.4, -0.2) is 11.5 Å². The minimum absolute atomic E-state index is 0.943. The quantitative estimate of drug-likeness (QED) is 0.874. The van der Waals surface area contributed by atoms with Gasteiger partial charge in [0.15, 0.2) is 0 Å². The molecular weight excluding hydrogens is 220 g/mol. The third-order valence-corrected chi connectivity index (χ3v) is 3.44. The Labute approximate surface area is 109 Å². The van der Waals surface area contributed by atoms with Gasteiger partial charge < -0.3 is 5.32 Å². The SMILES string of the molecule is CCNc1c(CC)c(C)nc2c(C)cc(C)cc12. The molecule has 1 N–H and O–H groups in total. The van der Waals surface area contributed by atoms with E-state index >= 15 is 0 Å². The van der Waals surface area contributed by atoms with Crippen LogP contribution in [0.5, 0.6) is 0 Å². The standard InChI is InChI=1S/C16H22N2/c1-6-13-12(5)18-15-11(4)8-10(3)9-14(15)16(13)17-7-2/h8-9H,6-7H2,1-5H3,(H,17,18). The van der Waals surface area contributed by atoms with E-state index in [4.69, 9.17) is 4.98 Å². The van der Waals surface area contributed by atoms with Crippen molar-refractivity contribution in [1.29, 1.82) is 0 Å². The molecule has 0 amide bonds. The lowest BCUT2D eigenvalue weighted by Crippen LogP contribution is -2.05. The van der Waals surface area contributed by atoms with Crippen LogP contribution in [0.15, 0.2) is 12.1 Å². The van der Waals surface area contributed by atoms with Crippen molar-refractivity contribution in [2.75, 3.05) is 11.9 Å². The van der Waals surface area contributed by atoms with Crippen LogP contribution in [0.4, 0.5) is 5.69 Å². The maximum Gasteiger partial charge on any atom is 0.0755 e. The Bertz CT molecular complexity index is 585. The fourth-order valence-corrected chi connectivity index (χ4v) is 2.69. The number of pyridine rings is 1. The van der Waals surface area contributed by atoms with Crippen LogP contribution in [0, 0.1) is 20.8 Å². The highest BCUT2D eigenvalue weighted by Gasteiger charge is 2.12. The summed E-state index contributed by atoms with van der Waals surface area (Å²) in [5.74, 6) is 0. The first kappa shape index (κ1) is 12.9. The number of fused-ring (bicyclic) bond motifs is 1. The zero-order valence-corrected chi connectivity index (χ0v) is 12.0. The molecule has 0 aliphatic heterocycles. The molecule has 1 aromatic carbocycles. The first-order chi connectivity index (χ1) is 8.58. The molecule has 18 heavy (non-hydrogen) atoms. The second-order valence-electron chi connectivity index (χ2n) is 4.91. The summed E-state index contributed by atoms with van der Waals surface area (Å²) in [7, 11) is 0. The lowest BCUT2D eigenvalue weighted by Gasteiger charge is -2.17. The summed E-state index contributed by atoms with van der Waals surface area (Å²) in [5.41, 5.74) is 7.45. The number of aryl methyl sites for hydroxylation is 3. The molecule has 96 valence electrons. The Balaban J connectivity index is 2.87. The van der Waals surface area contributed by atoms with Crippen molar-refractivity contribution in [3.63, 3.8) is 0 Å². The molecule has 0 aliphatic rings. The smallest absolute Gasteiger partial charge is 0.0755 e. The monoisotopic (exact) mass is 242 g/mol. The third kappa shape index (κ3) is 2.07. The second-order valence-corrected chi connectivity index (χ2v) is 4.91. The average Bonchev–Trinajstić information content (AvgIpc) is 2.31. The Kier molecular flexibility index (Phi) is 3.55. The topological polar surface area (TPSA) is 24.9 Å². The van der Waals surface area contributed by atoms with Gasteiger partial charge in [0, 0.05) is 23.3 Å². The maximum atomic E-state index is 4.79. The summed E-state index contributed by atoms with van der Waals surface area (Å²) in [6.45, 7) is 11.7. The summed E-state index contributed by atoms with van der Waals surface area (Å²) in [6, 6.07) is 4.45. The average molecular weight is 242 g/mol. The fraction of sp³-hybridized carbons (Fsp3) is 0.438. The van der Waals surface area contributed by atoms with Gasteiger partial charge in [0.25, 0.3) is 0 Å². The Morgan fingerprint density at radius 2 is 1.83 bits per heavy atom. The molecule has 2 aromatic rings. The van der Waals surface area contributed by atoms with Gasteiger partial charge in [-0.3, -0.25) is 4.98 Å². The summed E-state index contributed by atoms with van der Waals surface area (Å²) in [6.07, 6.45) is 1.02. The largest absolute Gasteiger partial charge is 0.384 e. The number of benzene rings is 1. The number of hydrogen-bond donors (Lipinski definition) is 1. The van der Waals surface area contributed by atoms with Crippen molar-refractivity contribution in [2.45, 2.75) is 41.0 Å². The van der Waals surface area contributed by atoms with Gasteiger partial charge in [0.05, 0.1) is 5.52 Å². The van der Waals surface area contributed by atoms with Crippen LogP contribution in [0.25, 0.3) is 10.9 Å². The molecule has 0 fully saturated rings. The highest BCUT2D eigenvalue weighted by Crippen LogP contribution is 2.31. The number of nitrogens with one attached hydrogen (secondary N) is 1. The summed E-state index contributed by atoms with van der Waals surface area (Å²) in [5, 5.41) is 4.79. The zero-order chi connectivity index (χ0) is 13.3. The van der Waals surface area contributed by atoms with Crippen LogP contribution < -0.4 is 5.32 Å². The lowest BCUT2D eigenvalue weighted by molar-refractivity contribution is 1.05. The van der Waals surface area contributed by atoms with E-state index in [9.17, 15) is 0 Å². The fourth-order valence-electron chi connectivity index (χ4n) is 2.69. The minimum Gasteiger partial charge on any atom is -0.384 e. The molecule has 1 aromatic heterocycles. The molecule has 0 saturated carbocycles. The van der Waals surface area contributed by atoms with Gasteiger partial charge >= 0.3 is 0 Å². The highest BCUT2D eigenvalue weighted by atomic mass is 14.9. The van der Waals surface area contributed by atoms with Crippen LogP contribution in [-0.2, 0) is 6.42 Å². The van der Waals surface area contributed by atoms with Gasteiger partial charge in [0.1, 0.15) is 0 Å². The van der Waals surface area contributed by atoms with Crippen LogP contribution in [0.2, 0.25) is 0 Å². The van der Waals surface area contributed by atoms with Gasteiger partial charge in [-0.2, -0.15) is 0 Å². The summed E-state index contributed by atoms with van der Waals surface area (Å²) < 4.78 is 0. The summed E-state index contributed by atoms with van der Waals surface area (Å²) >= 11 is 0. The molecule has 2 nitrogen and oxygen atoms in total. The predicted molar refractivity (Wildman–Crippen MR) is 79.5 cm³/mol. The summed E-state index contributed by atoms with van der Waals surface area (Å²) in [4.78, 5) is 4.79. The van der Waals surface area contributed by atoms with Crippen LogP contribution in [0.1, 0.15) is 36.2 Å². The molecular formula is C16H22N2. The van der Waals surface area contributed by atoms with Gasteiger partial charge in [-0.15, -0.1) is 0 Å². The molecule has 0 aliphatic carbocycles.